The van der Waals surface area contributed by atoms with E-state index < -0.39 is 40.7 Å². The summed E-state index contributed by atoms with van der Waals surface area (Å²) in [7, 11) is 1.62. The van der Waals surface area contributed by atoms with E-state index in [1.54, 1.807) is 43.4 Å². The fourth-order valence-corrected chi connectivity index (χ4v) is 11.4. The summed E-state index contributed by atoms with van der Waals surface area (Å²) in [6.07, 6.45) is 6.44. The molecule has 4 atom stereocenters. The number of nitrogens with zero attached hydrogens (tertiary/aromatic N) is 2. The van der Waals surface area contributed by atoms with Gasteiger partial charge in [0.15, 0.2) is 0 Å². The van der Waals surface area contributed by atoms with Gasteiger partial charge in [-0.25, -0.2) is 9.18 Å². The minimum absolute atomic E-state index is 0.0900. The number of hydrogen-bond donors (Lipinski definition) is 5. The van der Waals surface area contributed by atoms with Crippen molar-refractivity contribution in [1.29, 1.82) is 0 Å². The van der Waals surface area contributed by atoms with E-state index in [2.05, 4.69) is 26.6 Å². The number of nitrogens with one attached hydrogen (secondary N) is 5. The van der Waals surface area contributed by atoms with Gasteiger partial charge < -0.3 is 16.0 Å². The molecule has 2 aliphatic carbocycles. The van der Waals surface area contributed by atoms with Crippen LogP contribution in [0.15, 0.2) is 59.4 Å². The summed E-state index contributed by atoms with van der Waals surface area (Å²) in [6, 6.07) is 13.4. The Kier molecular flexibility index (Phi) is 10.4. The molecule has 4 aromatic rings. The average Bonchev–Trinajstić information content (AvgIpc) is 3.78. The lowest BCUT2D eigenvalue weighted by molar-refractivity contribution is -0.136. The summed E-state index contributed by atoms with van der Waals surface area (Å²) in [5.41, 5.74) is 0.846. The summed E-state index contributed by atoms with van der Waals surface area (Å²) >= 11 is 12.8. The number of hydrogen-bond acceptors (Lipinski definition) is 7. The maximum atomic E-state index is 16.3. The van der Waals surface area contributed by atoms with E-state index in [4.69, 9.17) is 23.2 Å². The van der Waals surface area contributed by atoms with Gasteiger partial charge in [-0.15, -0.1) is 0 Å². The number of piperidine rings is 1. The van der Waals surface area contributed by atoms with Crippen LogP contribution in [0.2, 0.25) is 10.0 Å². The highest BCUT2D eigenvalue weighted by atomic mass is 35.5. The van der Waals surface area contributed by atoms with Crippen molar-refractivity contribution in [3.63, 3.8) is 0 Å². The summed E-state index contributed by atoms with van der Waals surface area (Å²) in [5, 5.41) is 15.7. The normalized spacial score (nSPS) is 27.2. The molecule has 0 bridgehead atoms. The number of carbonyl (C=O) groups excluding carboxylic acids is 5. The van der Waals surface area contributed by atoms with Crippen LogP contribution in [0.1, 0.15) is 99.3 Å². The number of aryl methyl sites for hydroxylation is 1. The minimum atomic E-state index is -1.33. The highest BCUT2D eigenvalue weighted by Gasteiger charge is 2.72. The Morgan fingerprint density at radius 1 is 0.883 bits per heavy atom. The van der Waals surface area contributed by atoms with Gasteiger partial charge >= 0.3 is 5.69 Å². The maximum absolute atomic E-state index is 16.3. The third kappa shape index (κ3) is 6.44. The molecule has 16 heteroatoms. The van der Waals surface area contributed by atoms with Crippen LogP contribution < -0.4 is 32.3 Å². The van der Waals surface area contributed by atoms with Gasteiger partial charge in [-0.2, -0.15) is 0 Å². The predicted octanol–water partition coefficient (Wildman–Crippen LogP) is 5.40. The molecule has 4 heterocycles. The van der Waals surface area contributed by atoms with Crippen LogP contribution in [-0.4, -0.2) is 56.3 Å². The number of imide groups is 1. The van der Waals surface area contributed by atoms with E-state index in [1.165, 1.54) is 15.2 Å². The Bertz CT molecular complexity index is 2530. The van der Waals surface area contributed by atoms with Gasteiger partial charge in [-0.05, 0) is 92.0 Å². The van der Waals surface area contributed by atoms with Gasteiger partial charge in [0.25, 0.3) is 0 Å². The van der Waals surface area contributed by atoms with Crippen molar-refractivity contribution in [2.24, 2.45) is 13.0 Å². The molecule has 5 N–H and O–H groups in total. The first-order valence-corrected chi connectivity index (χ1v) is 21.5. The van der Waals surface area contributed by atoms with Crippen molar-refractivity contribution in [1.82, 2.24) is 30.4 Å². The number of imidazole rings is 1. The topological polar surface area (TPSA) is 172 Å². The molecular weight excluding hydrogens is 812 g/mol. The molecule has 5 aliphatic rings. The molecule has 13 nitrogen and oxygen atoms in total. The first kappa shape index (κ1) is 40.4. The van der Waals surface area contributed by atoms with Crippen molar-refractivity contribution in [3.05, 3.63) is 97.6 Å². The molecule has 5 amide bonds. The monoisotopic (exact) mass is 857 g/mol. The molecule has 0 radical (unpaired) electrons. The zero-order chi connectivity index (χ0) is 42.1. The molecule has 2 saturated carbocycles. The second-order valence-electron chi connectivity index (χ2n) is 17.1. The standard InChI is InChI=1S/C44H46Cl2FN7O6/c1-53-33-20-23(8-15-31(33)54(42(53)60)32-16-17-34(55)51-39(32)57)22-48-38(56)24-9-12-26(13-10-24)49-40(58)37-35(27-6-5-7-29(46)36(27)47)44(43(52-37)18-3-2-4-19-43)28-14-11-25(45)21-30(28)50-41(44)59/h5-8,11,14-15,20-21,24,26,32,35,37,52H,2-4,9-10,12-13,16-19,22H2,1H3,(H,48,56)(H,49,58)(H,50,59)(H,51,55,57)/t24?,26?,32?,35-,37+,44+/m0/s1. The second kappa shape index (κ2) is 15.4. The van der Waals surface area contributed by atoms with E-state index in [1.807, 2.05) is 12.1 Å². The number of aromatic nitrogens is 2. The Morgan fingerprint density at radius 2 is 1.65 bits per heavy atom. The zero-order valence-corrected chi connectivity index (χ0v) is 34.6. The van der Waals surface area contributed by atoms with Crippen molar-refractivity contribution < 1.29 is 28.4 Å². The molecule has 9 rings (SSSR count). The number of amides is 5. The Hall–Kier alpha value is -5.05. The zero-order valence-electron chi connectivity index (χ0n) is 33.0. The van der Waals surface area contributed by atoms with Gasteiger partial charge in [0.05, 0.1) is 22.1 Å². The van der Waals surface area contributed by atoms with E-state index in [-0.39, 0.29) is 71.3 Å². The van der Waals surface area contributed by atoms with Crippen LogP contribution >= 0.6 is 23.2 Å². The lowest BCUT2D eigenvalue weighted by atomic mass is 9.55. The molecule has 3 aromatic carbocycles. The third-order valence-corrected chi connectivity index (χ3v) is 14.4. The summed E-state index contributed by atoms with van der Waals surface area (Å²) in [6.45, 7) is 0.227. The van der Waals surface area contributed by atoms with Crippen LogP contribution in [-0.2, 0) is 43.0 Å². The van der Waals surface area contributed by atoms with Crippen molar-refractivity contribution in [2.75, 3.05) is 5.32 Å². The highest BCUT2D eigenvalue weighted by Crippen LogP contribution is 2.62. The number of rotatable bonds is 7. The van der Waals surface area contributed by atoms with Gasteiger partial charge in [-0.1, -0.05) is 66.7 Å². The first-order valence-electron chi connectivity index (χ1n) is 20.8. The Labute approximate surface area is 355 Å². The van der Waals surface area contributed by atoms with Crippen LogP contribution in [0.5, 0.6) is 0 Å². The van der Waals surface area contributed by atoms with E-state index in [0.717, 1.165) is 24.8 Å². The van der Waals surface area contributed by atoms with E-state index in [0.29, 0.717) is 65.8 Å². The summed E-state index contributed by atoms with van der Waals surface area (Å²) in [4.78, 5) is 80.2. The van der Waals surface area contributed by atoms with Crippen molar-refractivity contribution in [2.45, 2.75) is 112 Å². The Morgan fingerprint density at radius 3 is 2.40 bits per heavy atom. The molecule has 2 saturated heterocycles. The number of anilines is 1. The van der Waals surface area contributed by atoms with Crippen LogP contribution in [0.25, 0.3) is 11.0 Å². The van der Waals surface area contributed by atoms with Crippen molar-refractivity contribution >= 4 is 69.5 Å². The number of carbonyl (C=O) groups is 5. The van der Waals surface area contributed by atoms with Gasteiger partial charge in [0.2, 0.25) is 29.5 Å². The van der Waals surface area contributed by atoms with Crippen LogP contribution in [0.4, 0.5) is 10.1 Å². The van der Waals surface area contributed by atoms with Gasteiger partial charge in [0.1, 0.15) is 17.3 Å². The highest BCUT2D eigenvalue weighted by molar-refractivity contribution is 6.31. The van der Waals surface area contributed by atoms with Gasteiger partial charge in [0, 0.05) is 54.1 Å². The molecular formula is C44H46Cl2FN7O6. The molecule has 2 spiro atoms. The van der Waals surface area contributed by atoms with Crippen LogP contribution in [0, 0.1) is 11.7 Å². The molecule has 60 heavy (non-hydrogen) atoms. The minimum Gasteiger partial charge on any atom is -0.352 e. The maximum Gasteiger partial charge on any atom is 0.329 e. The molecule has 3 aliphatic heterocycles. The van der Waals surface area contributed by atoms with E-state index >= 15 is 4.39 Å². The SMILES string of the molecule is Cn1c(=O)n(C2CCC(=O)NC2=O)c2ccc(CNC(=O)C3CCC(NC(=O)[C@@H]4NC5(CCCCC5)[C@@]5(C(=O)Nc6cc(Cl)ccc65)[C@H]4c4cccc(Cl)c4F)CC3)cc21. The van der Waals surface area contributed by atoms with E-state index in [9.17, 15) is 28.8 Å². The van der Waals surface area contributed by atoms with Crippen LogP contribution in [0.3, 0.4) is 0 Å². The fourth-order valence-electron chi connectivity index (χ4n) is 11.1. The van der Waals surface area contributed by atoms with Gasteiger partial charge in [-0.3, -0.25) is 43.7 Å². The molecule has 1 unspecified atom stereocenters. The lowest BCUT2D eigenvalue weighted by Crippen LogP contribution is -2.60. The first-order chi connectivity index (χ1) is 28.8. The number of fused-ring (bicyclic) bond motifs is 4. The Balaban J connectivity index is 0.900. The molecule has 314 valence electrons. The quantitative estimate of drug-likeness (QED) is 0.155. The second-order valence-corrected chi connectivity index (χ2v) is 18.0. The molecule has 1 aromatic heterocycles. The average molecular weight is 859 g/mol. The lowest BCUT2D eigenvalue weighted by Gasteiger charge is -2.47. The summed E-state index contributed by atoms with van der Waals surface area (Å²) in [5.74, 6) is -3.48. The molecule has 4 fully saturated rings. The van der Waals surface area contributed by atoms with Crippen molar-refractivity contribution in [3.8, 4) is 0 Å². The number of halogens is 3. The fraction of sp³-hybridized carbons (Fsp3) is 0.455. The summed E-state index contributed by atoms with van der Waals surface area (Å²) < 4.78 is 19.2. The number of benzene rings is 3. The smallest absolute Gasteiger partial charge is 0.329 e. The third-order valence-electron chi connectivity index (χ3n) is 13.9. The predicted molar refractivity (Wildman–Crippen MR) is 223 cm³/mol. The largest absolute Gasteiger partial charge is 0.352 e.